The van der Waals surface area contributed by atoms with Crippen molar-refractivity contribution in [2.45, 2.75) is 52.1 Å². The van der Waals surface area contributed by atoms with Crippen molar-refractivity contribution in [3.63, 3.8) is 0 Å². The van der Waals surface area contributed by atoms with Gasteiger partial charge in [-0.05, 0) is 62.3 Å². The van der Waals surface area contributed by atoms with Crippen LogP contribution in [0.4, 0.5) is 0 Å². The summed E-state index contributed by atoms with van der Waals surface area (Å²) in [4.78, 5) is 40.8. The first-order chi connectivity index (χ1) is 20.7. The van der Waals surface area contributed by atoms with Gasteiger partial charge in [-0.3, -0.25) is 9.80 Å². The number of ether oxygens (including phenoxy) is 2. The number of aryl methyl sites for hydroxylation is 2. The van der Waals surface area contributed by atoms with Crippen LogP contribution < -0.4 is 9.47 Å². The van der Waals surface area contributed by atoms with Gasteiger partial charge in [0, 0.05) is 26.2 Å². The molecule has 2 fully saturated rings. The van der Waals surface area contributed by atoms with Crippen molar-refractivity contribution in [1.82, 2.24) is 9.80 Å². The van der Waals surface area contributed by atoms with E-state index in [1.807, 2.05) is 62.4 Å². The fourth-order valence-electron chi connectivity index (χ4n) is 4.14. The smallest absolute Gasteiger partial charge is 0.414 e. The van der Waals surface area contributed by atoms with Crippen molar-refractivity contribution >= 4 is 23.9 Å². The van der Waals surface area contributed by atoms with Crippen LogP contribution >= 0.6 is 0 Å². The highest BCUT2D eigenvalue weighted by molar-refractivity contribution is 6.27. The lowest BCUT2D eigenvalue weighted by Gasteiger charge is -2.16. The third-order valence-corrected chi connectivity index (χ3v) is 6.44. The third kappa shape index (κ3) is 15.8. The van der Waals surface area contributed by atoms with Gasteiger partial charge in [0.15, 0.2) is 0 Å². The molecule has 4 unspecified atom stereocenters. The van der Waals surface area contributed by atoms with E-state index in [-0.39, 0.29) is 29.9 Å². The van der Waals surface area contributed by atoms with E-state index in [9.17, 15) is 10.2 Å². The molecule has 252 valence electrons. The summed E-state index contributed by atoms with van der Waals surface area (Å²) in [6, 6.07) is 15.9. The maximum atomic E-state index is 9.85. The molecule has 0 radical (unpaired) electrons. The first-order valence-corrected chi connectivity index (χ1v) is 13.9. The van der Waals surface area contributed by atoms with Gasteiger partial charge >= 0.3 is 23.9 Å². The number of carbonyl (C=O) groups is 4. The van der Waals surface area contributed by atoms with Gasteiger partial charge in [-0.2, -0.15) is 0 Å². The Bertz CT molecular complexity index is 1110. The van der Waals surface area contributed by atoms with Crippen LogP contribution in [0.25, 0.3) is 0 Å². The minimum absolute atomic E-state index is 0. The zero-order valence-corrected chi connectivity index (χ0v) is 25.7. The average Bonchev–Trinajstić information content (AvgIpc) is 3.50. The van der Waals surface area contributed by atoms with Gasteiger partial charge < -0.3 is 45.6 Å². The van der Waals surface area contributed by atoms with Gasteiger partial charge in [0.2, 0.25) is 0 Å². The number of aliphatic hydroxyl groups is 2. The first-order valence-electron chi connectivity index (χ1n) is 13.9. The molecule has 0 spiro atoms. The molecule has 2 aliphatic heterocycles. The molecule has 2 aromatic carbocycles. The van der Waals surface area contributed by atoms with E-state index in [1.165, 1.54) is 11.1 Å². The molecule has 45 heavy (non-hydrogen) atoms. The summed E-state index contributed by atoms with van der Waals surface area (Å²) < 4.78 is 11.6. The van der Waals surface area contributed by atoms with Crippen molar-refractivity contribution in [1.29, 1.82) is 0 Å². The summed E-state index contributed by atoms with van der Waals surface area (Å²) in [5.41, 5.74) is 2.36. The van der Waals surface area contributed by atoms with E-state index in [1.54, 1.807) is 0 Å². The highest BCUT2D eigenvalue weighted by Gasteiger charge is 2.32. The average molecular weight is 641 g/mol. The molecule has 15 heteroatoms. The van der Waals surface area contributed by atoms with Crippen LogP contribution in [0.1, 0.15) is 25.0 Å². The number of carboxylic acids is 4. The first kappa shape index (κ1) is 40.7. The molecule has 2 aromatic rings. The van der Waals surface area contributed by atoms with Gasteiger partial charge in [0.1, 0.15) is 35.9 Å². The number of hydrogen-bond acceptors (Lipinski definition) is 10. The molecule has 0 aromatic heterocycles. The molecule has 4 rings (SSSR count). The Hall–Kier alpha value is -4.28. The van der Waals surface area contributed by atoms with Crippen molar-refractivity contribution in [3.8, 4) is 11.5 Å². The monoisotopic (exact) mass is 640 g/mol. The molecule has 2 heterocycles. The summed E-state index contributed by atoms with van der Waals surface area (Å²) in [6.45, 7) is 13.3. The zero-order valence-electron chi connectivity index (χ0n) is 25.7. The summed E-state index contributed by atoms with van der Waals surface area (Å²) in [7, 11) is 0. The number of β-amino-alcohol motifs (C(OH)–C–C–N with tert-alkyl or cyclic N) is 2. The minimum Gasteiger partial charge on any atom is -0.486 e. The molecule has 0 amide bonds. The van der Waals surface area contributed by atoms with Crippen LogP contribution in [0.5, 0.6) is 11.5 Å². The number of likely N-dealkylation sites (tertiary alicyclic amines) is 2. The summed E-state index contributed by atoms with van der Waals surface area (Å²) >= 11 is 0. The Morgan fingerprint density at radius 3 is 1.18 bits per heavy atom. The number of nitrogens with zero attached hydrogens (tertiary/aromatic N) is 2. The zero-order chi connectivity index (χ0) is 33.4. The Morgan fingerprint density at radius 1 is 0.644 bits per heavy atom. The van der Waals surface area contributed by atoms with Crippen LogP contribution in [-0.4, -0.2) is 133 Å². The number of hydrogen-bond donors (Lipinski definition) is 6. The number of likely N-dealkylation sites (N-methyl/N-ethyl adjacent to an activating group) is 2. The van der Waals surface area contributed by atoms with Crippen LogP contribution in [0.2, 0.25) is 0 Å². The highest BCUT2D eigenvalue weighted by atomic mass is 16.5. The van der Waals surface area contributed by atoms with Gasteiger partial charge in [-0.25, -0.2) is 19.2 Å². The van der Waals surface area contributed by atoms with Crippen LogP contribution in [0.3, 0.4) is 0 Å². The number of aliphatic carboxylic acids is 4. The number of rotatable bonds is 6. The molecule has 15 nitrogen and oxygen atoms in total. The van der Waals surface area contributed by atoms with Gasteiger partial charge in [-0.15, -0.1) is 0 Å². The largest absolute Gasteiger partial charge is 0.486 e. The fourth-order valence-corrected chi connectivity index (χ4v) is 4.14. The normalized spacial score (nSPS) is 20.4. The van der Waals surface area contributed by atoms with E-state index in [0.29, 0.717) is 13.1 Å². The number of benzene rings is 2. The number of aliphatic hydroxyl groups excluding tert-OH is 2. The number of carboxylic acid groups (broad SMARTS) is 4. The predicted molar refractivity (Wildman–Crippen MR) is 162 cm³/mol. The quantitative estimate of drug-likeness (QED) is 0.234. The third-order valence-electron chi connectivity index (χ3n) is 6.44. The molecule has 2 saturated heterocycles. The minimum atomic E-state index is -1.82. The van der Waals surface area contributed by atoms with Crippen molar-refractivity contribution < 1.29 is 64.8 Å². The molecule has 4 atom stereocenters. The summed E-state index contributed by atoms with van der Waals surface area (Å²) in [6.07, 6.45) is -0.940. The Balaban J connectivity index is 0.000000629. The second-order valence-corrected chi connectivity index (χ2v) is 10.0. The lowest BCUT2D eigenvalue weighted by atomic mass is 10.2. The maximum Gasteiger partial charge on any atom is 0.414 e. The SMILES string of the molecule is CCN1CC(O)C(Oc2cccc(C)c2)C1.CCN1CC(O)C(Oc2cccc(C)c2)C1.O.O=C(O)C(=O)O.O=C(O)C(=O)O. The molecule has 0 bridgehead atoms. The topological polar surface area (TPSA) is 246 Å². The van der Waals surface area contributed by atoms with E-state index in [0.717, 1.165) is 37.7 Å². The molecule has 0 saturated carbocycles. The van der Waals surface area contributed by atoms with Crippen LogP contribution in [0, 0.1) is 13.8 Å². The predicted octanol–water partition coefficient (Wildman–Crippen LogP) is 0.364. The Kier molecular flexibility index (Phi) is 18.7. The molecule has 0 aliphatic carbocycles. The second-order valence-electron chi connectivity index (χ2n) is 10.0. The van der Waals surface area contributed by atoms with Crippen molar-refractivity contribution in [3.05, 3.63) is 59.7 Å². The molecular weight excluding hydrogens is 596 g/mol. The Labute approximate surface area is 261 Å². The highest BCUT2D eigenvalue weighted by Crippen LogP contribution is 2.20. The lowest BCUT2D eigenvalue weighted by molar-refractivity contribution is -0.159. The summed E-state index contributed by atoms with van der Waals surface area (Å²) in [5, 5.41) is 49.3. The van der Waals surface area contributed by atoms with Gasteiger partial charge in [0.25, 0.3) is 0 Å². The fraction of sp³-hybridized carbons (Fsp3) is 0.467. The molecular formula is C30H44N2O13. The van der Waals surface area contributed by atoms with Gasteiger partial charge in [-0.1, -0.05) is 38.1 Å². The van der Waals surface area contributed by atoms with E-state index in [2.05, 4.69) is 23.6 Å². The van der Waals surface area contributed by atoms with Crippen LogP contribution in [0.15, 0.2) is 48.5 Å². The lowest BCUT2D eigenvalue weighted by Crippen LogP contribution is -2.29. The van der Waals surface area contributed by atoms with E-state index < -0.39 is 23.9 Å². The standard InChI is InChI=1S/2C13H19NO2.2C2H2O4.H2O/c2*1-3-14-8-12(15)13(9-14)16-11-6-4-5-10(2)7-11;2*3-1(4)2(5)6;/h2*4-7,12-13,15H,3,8-9H2,1-2H3;2*(H,3,4)(H,5,6);1H2. The van der Waals surface area contributed by atoms with Crippen molar-refractivity contribution in [2.75, 3.05) is 39.3 Å². The molecule has 2 aliphatic rings. The second kappa shape index (κ2) is 20.6. The summed E-state index contributed by atoms with van der Waals surface area (Å²) in [5.74, 6) is -5.60. The molecule has 8 N–H and O–H groups in total. The van der Waals surface area contributed by atoms with Gasteiger partial charge in [0.05, 0.1) is 0 Å². The Morgan fingerprint density at radius 2 is 0.956 bits per heavy atom. The van der Waals surface area contributed by atoms with Crippen LogP contribution in [-0.2, 0) is 19.2 Å². The van der Waals surface area contributed by atoms with E-state index in [4.69, 9.17) is 49.1 Å². The van der Waals surface area contributed by atoms with Crippen molar-refractivity contribution in [2.24, 2.45) is 0 Å². The van der Waals surface area contributed by atoms with E-state index >= 15 is 0 Å². The maximum absolute atomic E-state index is 9.85.